The van der Waals surface area contributed by atoms with E-state index in [1.54, 1.807) is 6.07 Å². The van der Waals surface area contributed by atoms with E-state index in [1.165, 1.54) is 0 Å². The standard InChI is InChI=1S/C11H9ClN4/c1-2-9-15-10-11(16-9)14-8-5-6(12)3-4-7(8)13-10/h3-5H,2H2,1H3,(H,13,14,15,16). The van der Waals surface area contributed by atoms with E-state index < -0.39 is 0 Å². The maximum Gasteiger partial charge on any atom is 0.198 e. The number of nitrogens with one attached hydrogen (secondary N) is 1. The molecule has 0 aliphatic rings. The molecule has 2 heterocycles. The van der Waals surface area contributed by atoms with Crippen molar-refractivity contribution < 1.29 is 0 Å². The van der Waals surface area contributed by atoms with Crippen molar-refractivity contribution in [2.24, 2.45) is 0 Å². The molecule has 3 rings (SSSR count). The van der Waals surface area contributed by atoms with Gasteiger partial charge in [0.05, 0.1) is 11.0 Å². The first kappa shape index (κ1) is 9.54. The maximum absolute atomic E-state index is 5.91. The summed E-state index contributed by atoms with van der Waals surface area (Å²) in [4.78, 5) is 16.3. The minimum atomic E-state index is 0.645. The zero-order valence-corrected chi connectivity index (χ0v) is 9.41. The number of aromatic amines is 1. The number of aryl methyl sites for hydroxylation is 1. The summed E-state index contributed by atoms with van der Waals surface area (Å²) in [5.41, 5.74) is 2.97. The summed E-state index contributed by atoms with van der Waals surface area (Å²) >= 11 is 5.91. The van der Waals surface area contributed by atoms with Crippen LogP contribution >= 0.6 is 11.6 Å². The third kappa shape index (κ3) is 1.42. The molecule has 3 aromatic rings. The van der Waals surface area contributed by atoms with Crippen LogP contribution in [-0.2, 0) is 6.42 Å². The van der Waals surface area contributed by atoms with Gasteiger partial charge in [-0.3, -0.25) is 0 Å². The Morgan fingerprint density at radius 2 is 2.06 bits per heavy atom. The number of nitrogens with zero attached hydrogens (tertiary/aromatic N) is 3. The van der Waals surface area contributed by atoms with Crippen molar-refractivity contribution in [2.45, 2.75) is 13.3 Å². The molecule has 0 radical (unpaired) electrons. The van der Waals surface area contributed by atoms with Gasteiger partial charge in [0.1, 0.15) is 5.82 Å². The van der Waals surface area contributed by atoms with Crippen LogP contribution in [0.4, 0.5) is 0 Å². The first-order valence-corrected chi connectivity index (χ1v) is 5.46. The highest BCUT2D eigenvalue weighted by Crippen LogP contribution is 2.18. The molecule has 2 aromatic heterocycles. The normalized spacial score (nSPS) is 11.4. The Morgan fingerprint density at radius 1 is 1.19 bits per heavy atom. The van der Waals surface area contributed by atoms with Crippen LogP contribution in [0, 0.1) is 0 Å². The van der Waals surface area contributed by atoms with Crippen molar-refractivity contribution in [1.29, 1.82) is 0 Å². The molecule has 5 heteroatoms. The first-order valence-electron chi connectivity index (χ1n) is 5.08. The average Bonchev–Trinajstić information content (AvgIpc) is 2.67. The Hall–Kier alpha value is -1.68. The molecule has 0 aliphatic carbocycles. The summed E-state index contributed by atoms with van der Waals surface area (Å²) in [7, 11) is 0. The minimum Gasteiger partial charge on any atom is -0.325 e. The van der Waals surface area contributed by atoms with E-state index >= 15 is 0 Å². The van der Waals surface area contributed by atoms with Crippen molar-refractivity contribution in [3.8, 4) is 0 Å². The lowest BCUT2D eigenvalue weighted by molar-refractivity contribution is 0.996. The third-order valence-electron chi connectivity index (χ3n) is 2.45. The molecule has 0 saturated carbocycles. The predicted molar refractivity (Wildman–Crippen MR) is 63.6 cm³/mol. The van der Waals surface area contributed by atoms with Crippen LogP contribution in [0.1, 0.15) is 12.7 Å². The summed E-state index contributed by atoms with van der Waals surface area (Å²) in [5.74, 6) is 0.899. The van der Waals surface area contributed by atoms with E-state index in [-0.39, 0.29) is 0 Å². The fraction of sp³-hybridized carbons (Fsp3) is 0.182. The van der Waals surface area contributed by atoms with E-state index in [0.717, 1.165) is 28.9 Å². The van der Waals surface area contributed by atoms with Gasteiger partial charge < -0.3 is 4.98 Å². The van der Waals surface area contributed by atoms with Gasteiger partial charge in [-0.1, -0.05) is 18.5 Å². The monoisotopic (exact) mass is 232 g/mol. The predicted octanol–water partition coefficient (Wildman–Crippen LogP) is 2.72. The number of fused-ring (bicyclic) bond motifs is 2. The second-order valence-electron chi connectivity index (χ2n) is 3.57. The quantitative estimate of drug-likeness (QED) is 0.702. The molecule has 80 valence electrons. The number of imidazole rings is 1. The van der Waals surface area contributed by atoms with Gasteiger partial charge in [0.2, 0.25) is 0 Å². The summed E-state index contributed by atoms with van der Waals surface area (Å²) < 4.78 is 0. The molecule has 0 saturated heterocycles. The van der Waals surface area contributed by atoms with E-state index in [1.807, 2.05) is 19.1 Å². The van der Waals surface area contributed by atoms with Crippen molar-refractivity contribution in [3.05, 3.63) is 29.0 Å². The van der Waals surface area contributed by atoms with Crippen LogP contribution in [0.2, 0.25) is 5.02 Å². The number of hydrogen-bond donors (Lipinski definition) is 1. The van der Waals surface area contributed by atoms with Crippen LogP contribution in [-0.4, -0.2) is 19.9 Å². The molecule has 0 spiro atoms. The van der Waals surface area contributed by atoms with Crippen LogP contribution in [0.15, 0.2) is 18.2 Å². The number of rotatable bonds is 1. The van der Waals surface area contributed by atoms with E-state index in [9.17, 15) is 0 Å². The molecule has 1 N–H and O–H groups in total. The molecule has 0 fully saturated rings. The van der Waals surface area contributed by atoms with E-state index in [2.05, 4.69) is 19.9 Å². The van der Waals surface area contributed by atoms with Crippen molar-refractivity contribution in [3.63, 3.8) is 0 Å². The molecule has 0 bridgehead atoms. The fourth-order valence-corrected chi connectivity index (χ4v) is 1.81. The largest absolute Gasteiger partial charge is 0.325 e. The molecular formula is C11H9ClN4. The Morgan fingerprint density at radius 3 is 2.88 bits per heavy atom. The maximum atomic E-state index is 5.91. The highest BCUT2D eigenvalue weighted by molar-refractivity contribution is 6.31. The number of hydrogen-bond acceptors (Lipinski definition) is 3. The lowest BCUT2D eigenvalue weighted by atomic mass is 10.3. The van der Waals surface area contributed by atoms with Crippen LogP contribution in [0.5, 0.6) is 0 Å². The Balaban J connectivity index is 2.37. The summed E-state index contributed by atoms with van der Waals surface area (Å²) in [6.07, 6.45) is 0.842. The Labute approximate surface area is 96.7 Å². The van der Waals surface area contributed by atoms with E-state index in [0.29, 0.717) is 10.7 Å². The Bertz CT molecular complexity index is 674. The molecular weight excluding hydrogens is 224 g/mol. The summed E-state index contributed by atoms with van der Waals surface area (Å²) in [6, 6.07) is 5.46. The lowest BCUT2D eigenvalue weighted by Crippen LogP contribution is -1.85. The Kier molecular flexibility index (Phi) is 2.04. The van der Waals surface area contributed by atoms with Crippen molar-refractivity contribution in [1.82, 2.24) is 19.9 Å². The van der Waals surface area contributed by atoms with Crippen LogP contribution in [0.3, 0.4) is 0 Å². The summed E-state index contributed by atoms with van der Waals surface area (Å²) in [5, 5.41) is 0.660. The molecule has 16 heavy (non-hydrogen) atoms. The third-order valence-corrected chi connectivity index (χ3v) is 2.68. The highest BCUT2D eigenvalue weighted by atomic mass is 35.5. The fourth-order valence-electron chi connectivity index (χ4n) is 1.64. The van der Waals surface area contributed by atoms with Gasteiger partial charge in [-0.25, -0.2) is 15.0 Å². The highest BCUT2D eigenvalue weighted by Gasteiger charge is 2.06. The lowest BCUT2D eigenvalue weighted by Gasteiger charge is -1.96. The molecule has 0 unspecified atom stereocenters. The van der Waals surface area contributed by atoms with E-state index in [4.69, 9.17) is 11.6 Å². The van der Waals surface area contributed by atoms with Gasteiger partial charge in [0.15, 0.2) is 11.3 Å². The smallest absolute Gasteiger partial charge is 0.198 e. The average molecular weight is 233 g/mol. The number of benzene rings is 1. The molecule has 0 atom stereocenters. The minimum absolute atomic E-state index is 0.645. The van der Waals surface area contributed by atoms with Crippen molar-refractivity contribution in [2.75, 3.05) is 0 Å². The number of halogens is 1. The molecule has 0 aliphatic heterocycles. The van der Waals surface area contributed by atoms with Gasteiger partial charge >= 0.3 is 0 Å². The van der Waals surface area contributed by atoms with Crippen molar-refractivity contribution >= 4 is 33.9 Å². The SMILES string of the molecule is CCc1nc2nc3cc(Cl)ccc3nc2[nH]1. The molecule has 1 aromatic carbocycles. The van der Waals surface area contributed by atoms with Gasteiger partial charge in [-0.2, -0.15) is 0 Å². The molecule has 4 nitrogen and oxygen atoms in total. The zero-order valence-electron chi connectivity index (χ0n) is 8.66. The van der Waals surface area contributed by atoms with Gasteiger partial charge in [-0.15, -0.1) is 0 Å². The second-order valence-corrected chi connectivity index (χ2v) is 4.00. The zero-order chi connectivity index (χ0) is 11.1. The number of aromatic nitrogens is 4. The number of H-pyrrole nitrogens is 1. The first-order chi connectivity index (χ1) is 7.76. The summed E-state index contributed by atoms with van der Waals surface area (Å²) in [6.45, 7) is 2.04. The van der Waals surface area contributed by atoms with Gasteiger partial charge in [0, 0.05) is 11.4 Å². The van der Waals surface area contributed by atoms with Crippen LogP contribution < -0.4 is 0 Å². The van der Waals surface area contributed by atoms with Gasteiger partial charge in [0.25, 0.3) is 0 Å². The topological polar surface area (TPSA) is 54.5 Å². The van der Waals surface area contributed by atoms with Gasteiger partial charge in [-0.05, 0) is 18.2 Å². The van der Waals surface area contributed by atoms with Crippen LogP contribution in [0.25, 0.3) is 22.3 Å². The second kappa shape index (κ2) is 3.42. The molecule has 0 amide bonds.